The lowest BCUT2D eigenvalue weighted by atomic mass is 9.82. The molecule has 0 bridgehead atoms. The predicted octanol–water partition coefficient (Wildman–Crippen LogP) is 6.73. The lowest BCUT2D eigenvalue weighted by molar-refractivity contribution is -0.171. The molecule has 0 saturated carbocycles. The van der Waals surface area contributed by atoms with E-state index in [1.54, 1.807) is 24.3 Å². The maximum Gasteiger partial charge on any atom is 0.337 e. The van der Waals surface area contributed by atoms with Crippen molar-refractivity contribution in [3.05, 3.63) is 42.0 Å². The molecule has 1 aromatic rings. The van der Waals surface area contributed by atoms with Gasteiger partial charge < -0.3 is 35.1 Å². The number of carbonyl (C=O) groups excluding carboxylic acids is 2. The van der Waals surface area contributed by atoms with Crippen LogP contribution in [0.25, 0.3) is 0 Å². The number of rotatable bonds is 27. The first-order valence-electron chi connectivity index (χ1n) is 18.4. The summed E-state index contributed by atoms with van der Waals surface area (Å²) in [7, 11) is 1.39. The highest BCUT2D eigenvalue weighted by Crippen LogP contribution is 2.32. The molecule has 3 atom stereocenters. The number of likely N-dealkylation sites (N-methyl/N-ethyl adjacent to an activating group) is 1. The standard InChI is InChI=1S/C38H60F2N2O8/c1-4-6-8-12-15-22-37(49-25-26-50-37)23-16-13-10-9-11-14-17-31(38(47,36(45)46)28-33(39)40)34(43)42-32(35(44)41-3)27-29-18-20-30(21-19-29)48-24-7-5-2/h14,17-21,31-33,47H,4-13,15-16,22-28H2,1-3H3,(H,41,44)(H,42,43)(H,45,46)/t31-,32+,38+/m1/s1. The third-order valence-electron chi connectivity index (χ3n) is 9.12. The topological polar surface area (TPSA) is 143 Å². The van der Waals surface area contributed by atoms with Crippen LogP contribution in [0, 0.1) is 5.92 Å². The van der Waals surface area contributed by atoms with Crippen molar-refractivity contribution >= 4 is 17.8 Å². The van der Waals surface area contributed by atoms with Crippen LogP contribution in [0.4, 0.5) is 8.78 Å². The van der Waals surface area contributed by atoms with Gasteiger partial charge in [0.2, 0.25) is 18.2 Å². The number of nitrogens with one attached hydrogen (secondary N) is 2. The summed E-state index contributed by atoms with van der Waals surface area (Å²) in [5.74, 6) is -5.28. The van der Waals surface area contributed by atoms with Crippen LogP contribution in [0.2, 0.25) is 0 Å². The maximum atomic E-state index is 13.5. The minimum absolute atomic E-state index is 0.0354. The Kier molecular flexibility index (Phi) is 20.2. The molecule has 4 N–H and O–H groups in total. The summed E-state index contributed by atoms with van der Waals surface area (Å²) in [6, 6.07) is 5.82. The van der Waals surface area contributed by atoms with E-state index in [9.17, 15) is 33.4 Å². The van der Waals surface area contributed by atoms with Gasteiger partial charge in [-0.05, 0) is 49.8 Å². The average Bonchev–Trinajstić information content (AvgIpc) is 3.55. The van der Waals surface area contributed by atoms with Crippen LogP contribution in [0.1, 0.15) is 116 Å². The number of amides is 2. The van der Waals surface area contributed by atoms with Crippen LogP contribution >= 0.6 is 0 Å². The molecule has 1 aliphatic heterocycles. The minimum Gasteiger partial charge on any atom is -0.494 e. The molecule has 1 aliphatic rings. The number of carbonyl (C=O) groups is 3. The van der Waals surface area contributed by atoms with Crippen LogP contribution in [0.5, 0.6) is 5.75 Å². The summed E-state index contributed by atoms with van der Waals surface area (Å²) in [5.41, 5.74) is -2.41. The van der Waals surface area contributed by atoms with Gasteiger partial charge >= 0.3 is 5.97 Å². The van der Waals surface area contributed by atoms with Crippen LogP contribution in [0.3, 0.4) is 0 Å². The van der Waals surface area contributed by atoms with Gasteiger partial charge in [0.15, 0.2) is 11.4 Å². The molecule has 0 aliphatic carbocycles. The molecule has 1 aromatic carbocycles. The van der Waals surface area contributed by atoms with Gasteiger partial charge in [-0.3, -0.25) is 9.59 Å². The Morgan fingerprint density at radius 2 is 1.52 bits per heavy atom. The van der Waals surface area contributed by atoms with E-state index in [2.05, 4.69) is 24.5 Å². The Bertz CT molecular complexity index is 1160. The van der Waals surface area contributed by atoms with E-state index in [1.807, 2.05) is 0 Å². The second-order valence-corrected chi connectivity index (χ2v) is 13.2. The highest BCUT2D eigenvalue weighted by molar-refractivity contribution is 5.93. The van der Waals surface area contributed by atoms with E-state index >= 15 is 0 Å². The Morgan fingerprint density at radius 1 is 0.920 bits per heavy atom. The second-order valence-electron chi connectivity index (χ2n) is 13.2. The first kappa shape index (κ1) is 43.1. The Balaban J connectivity index is 2.03. The zero-order valence-corrected chi connectivity index (χ0v) is 30.2. The quantitative estimate of drug-likeness (QED) is 0.0582. The Labute approximate surface area is 296 Å². The van der Waals surface area contributed by atoms with Gasteiger partial charge in [0.05, 0.1) is 25.7 Å². The largest absolute Gasteiger partial charge is 0.494 e. The van der Waals surface area contributed by atoms with Crippen molar-refractivity contribution in [1.82, 2.24) is 10.6 Å². The molecule has 284 valence electrons. The lowest BCUT2D eigenvalue weighted by Gasteiger charge is -2.31. The van der Waals surface area contributed by atoms with Gasteiger partial charge in [-0.2, -0.15) is 0 Å². The van der Waals surface area contributed by atoms with Crippen molar-refractivity contribution in [3.8, 4) is 5.75 Å². The molecule has 2 rings (SSSR count). The molecule has 0 radical (unpaired) electrons. The van der Waals surface area contributed by atoms with Crippen molar-refractivity contribution in [2.24, 2.45) is 5.92 Å². The number of hydrogen-bond acceptors (Lipinski definition) is 7. The molecular formula is C38H60F2N2O8. The van der Waals surface area contributed by atoms with Gasteiger partial charge in [-0.15, -0.1) is 0 Å². The third-order valence-corrected chi connectivity index (χ3v) is 9.12. The van der Waals surface area contributed by atoms with Crippen LogP contribution in [-0.2, 0) is 30.3 Å². The normalized spacial score (nSPS) is 16.6. The molecule has 0 unspecified atom stereocenters. The fourth-order valence-corrected chi connectivity index (χ4v) is 6.13. The Hall–Kier alpha value is -3.09. The summed E-state index contributed by atoms with van der Waals surface area (Å²) in [6.45, 7) is 6.03. The smallest absolute Gasteiger partial charge is 0.337 e. The number of alkyl halides is 2. The predicted molar refractivity (Wildman–Crippen MR) is 188 cm³/mol. The zero-order chi connectivity index (χ0) is 36.8. The minimum atomic E-state index is -3.19. The molecule has 1 heterocycles. The number of benzene rings is 1. The SMILES string of the molecule is CCCCCCCC1(CCCCCCC=C[C@H](C(=O)N[C@@H](Cc2ccc(OCCCC)cc2)C(=O)NC)[C@@](O)(CC(F)F)C(=O)O)OCCO1. The first-order chi connectivity index (χ1) is 24.0. The molecule has 12 heteroatoms. The molecule has 2 amide bonds. The van der Waals surface area contributed by atoms with E-state index in [4.69, 9.17) is 14.2 Å². The highest BCUT2D eigenvalue weighted by Gasteiger charge is 2.49. The van der Waals surface area contributed by atoms with Crippen molar-refractivity contribution in [3.63, 3.8) is 0 Å². The number of carboxylic acid groups (broad SMARTS) is 1. The van der Waals surface area contributed by atoms with E-state index < -0.39 is 54.0 Å². The molecule has 10 nitrogen and oxygen atoms in total. The molecule has 1 fully saturated rings. The second kappa shape index (κ2) is 23.4. The number of carboxylic acids is 1. The zero-order valence-electron chi connectivity index (χ0n) is 30.2. The van der Waals surface area contributed by atoms with E-state index in [1.165, 1.54) is 38.5 Å². The average molecular weight is 711 g/mol. The summed E-state index contributed by atoms with van der Waals surface area (Å²) < 4.78 is 44.7. The van der Waals surface area contributed by atoms with Crippen molar-refractivity contribution in [2.75, 3.05) is 26.9 Å². The third kappa shape index (κ3) is 15.0. The molecule has 0 aromatic heterocycles. The van der Waals surface area contributed by atoms with Crippen molar-refractivity contribution in [1.29, 1.82) is 0 Å². The fourth-order valence-electron chi connectivity index (χ4n) is 6.13. The van der Waals surface area contributed by atoms with E-state index in [0.29, 0.717) is 44.0 Å². The van der Waals surface area contributed by atoms with Gasteiger partial charge in [0, 0.05) is 32.7 Å². The summed E-state index contributed by atoms with van der Waals surface area (Å²) in [4.78, 5) is 38.4. The van der Waals surface area contributed by atoms with Crippen molar-refractivity contribution < 1.29 is 47.6 Å². The van der Waals surface area contributed by atoms with Crippen LogP contribution in [-0.4, -0.2) is 78.7 Å². The number of allylic oxidation sites excluding steroid dienone is 1. The molecule has 0 spiro atoms. The molecule has 1 saturated heterocycles. The number of aliphatic carboxylic acids is 1. The van der Waals surface area contributed by atoms with Crippen LogP contribution in [0.15, 0.2) is 36.4 Å². The van der Waals surface area contributed by atoms with Gasteiger partial charge in [-0.25, -0.2) is 13.6 Å². The Morgan fingerprint density at radius 3 is 2.08 bits per heavy atom. The molecule has 50 heavy (non-hydrogen) atoms. The van der Waals surface area contributed by atoms with Crippen LogP contribution < -0.4 is 15.4 Å². The number of ether oxygens (including phenoxy) is 3. The van der Waals surface area contributed by atoms with E-state index in [0.717, 1.165) is 57.8 Å². The highest BCUT2D eigenvalue weighted by atomic mass is 19.3. The fraction of sp³-hybridized carbons (Fsp3) is 0.711. The number of hydrogen-bond donors (Lipinski definition) is 4. The lowest BCUT2D eigenvalue weighted by Crippen LogP contribution is -2.56. The maximum absolute atomic E-state index is 13.5. The van der Waals surface area contributed by atoms with Crippen molar-refractivity contribution in [2.45, 2.75) is 140 Å². The molecular weight excluding hydrogens is 650 g/mol. The number of unbranched alkanes of at least 4 members (excludes halogenated alkanes) is 9. The monoisotopic (exact) mass is 710 g/mol. The van der Waals surface area contributed by atoms with Gasteiger partial charge in [0.1, 0.15) is 11.8 Å². The number of halogens is 2. The van der Waals surface area contributed by atoms with Gasteiger partial charge in [-0.1, -0.05) is 83.1 Å². The number of aliphatic hydroxyl groups is 1. The van der Waals surface area contributed by atoms with E-state index in [-0.39, 0.29) is 6.42 Å². The summed E-state index contributed by atoms with van der Waals surface area (Å²) >= 11 is 0. The van der Waals surface area contributed by atoms with Gasteiger partial charge in [0.25, 0.3) is 0 Å². The first-order valence-corrected chi connectivity index (χ1v) is 18.4. The summed E-state index contributed by atoms with van der Waals surface area (Å²) in [5, 5.41) is 25.8. The summed E-state index contributed by atoms with van der Waals surface area (Å²) in [6.07, 6.45) is 11.4.